The van der Waals surface area contributed by atoms with Crippen LogP contribution in [0.25, 0.3) is 0 Å². The first-order valence-electron chi connectivity index (χ1n) is 6.68. The molecule has 1 aromatic carbocycles. The zero-order valence-electron chi connectivity index (χ0n) is 11.5. The van der Waals surface area contributed by atoms with Crippen LogP contribution in [0.15, 0.2) is 41.0 Å². The van der Waals surface area contributed by atoms with Crippen molar-refractivity contribution in [2.75, 3.05) is 6.61 Å². The van der Waals surface area contributed by atoms with Crippen LogP contribution in [0.1, 0.15) is 16.1 Å². The first-order valence-corrected chi connectivity index (χ1v) is 7.06. The highest BCUT2D eigenvalue weighted by Gasteiger charge is 2.26. The van der Waals surface area contributed by atoms with E-state index in [1.54, 1.807) is 24.3 Å². The molecule has 0 fully saturated rings. The summed E-state index contributed by atoms with van der Waals surface area (Å²) >= 11 is 5.94. The molecule has 1 aliphatic heterocycles. The summed E-state index contributed by atoms with van der Waals surface area (Å²) in [5, 5.41) is 0.592. The van der Waals surface area contributed by atoms with E-state index in [0.717, 1.165) is 11.3 Å². The molecule has 0 radical (unpaired) electrons. The van der Waals surface area contributed by atoms with Gasteiger partial charge >= 0.3 is 5.91 Å². The molecule has 0 aliphatic carbocycles. The third-order valence-electron chi connectivity index (χ3n) is 3.34. The van der Waals surface area contributed by atoms with Crippen molar-refractivity contribution in [3.8, 4) is 5.75 Å². The maximum Gasteiger partial charge on any atom is 0.305 e. The Bertz CT molecular complexity index is 700. The third-order valence-corrected chi connectivity index (χ3v) is 3.58. The number of nitrogens with one attached hydrogen (secondary N) is 2. The third kappa shape index (κ3) is 3.07. The fourth-order valence-electron chi connectivity index (χ4n) is 2.22. The summed E-state index contributed by atoms with van der Waals surface area (Å²) in [4.78, 5) is 23.8. The second kappa shape index (κ2) is 6.11. The van der Waals surface area contributed by atoms with Crippen LogP contribution >= 0.6 is 11.6 Å². The molecule has 6 nitrogen and oxygen atoms in total. The predicted octanol–water partition coefficient (Wildman–Crippen LogP) is 1.95. The van der Waals surface area contributed by atoms with E-state index in [4.69, 9.17) is 20.8 Å². The van der Waals surface area contributed by atoms with Crippen molar-refractivity contribution < 1.29 is 18.7 Å². The lowest BCUT2D eigenvalue weighted by atomic mass is 9.96. The van der Waals surface area contributed by atoms with E-state index >= 15 is 0 Å². The van der Waals surface area contributed by atoms with Gasteiger partial charge in [-0.25, -0.2) is 0 Å². The van der Waals surface area contributed by atoms with E-state index in [1.165, 1.54) is 12.3 Å². The number of rotatable bonds is 2. The molecule has 2 aromatic rings. The molecule has 0 spiro atoms. The maximum absolute atomic E-state index is 12.1. The van der Waals surface area contributed by atoms with Crippen LogP contribution in [0.3, 0.4) is 0 Å². The molecule has 0 bridgehead atoms. The average Bonchev–Trinajstić information content (AvgIpc) is 3.06. The Morgan fingerprint density at radius 1 is 1.23 bits per heavy atom. The molecular weight excluding hydrogens is 308 g/mol. The zero-order chi connectivity index (χ0) is 15.5. The van der Waals surface area contributed by atoms with E-state index in [2.05, 4.69) is 10.9 Å². The number of hydrogen-bond donors (Lipinski definition) is 2. The molecule has 1 aliphatic rings. The van der Waals surface area contributed by atoms with E-state index < -0.39 is 11.8 Å². The number of benzene rings is 1. The topological polar surface area (TPSA) is 80.6 Å². The van der Waals surface area contributed by atoms with Crippen molar-refractivity contribution in [1.82, 2.24) is 10.9 Å². The van der Waals surface area contributed by atoms with Crippen LogP contribution in [0, 0.1) is 5.92 Å². The van der Waals surface area contributed by atoms with Gasteiger partial charge in [0.05, 0.1) is 12.2 Å². The van der Waals surface area contributed by atoms with Crippen molar-refractivity contribution in [3.05, 3.63) is 52.9 Å². The van der Waals surface area contributed by atoms with Gasteiger partial charge in [0.15, 0.2) is 5.76 Å². The van der Waals surface area contributed by atoms with Gasteiger partial charge in [-0.15, -0.1) is 0 Å². The smallest absolute Gasteiger partial charge is 0.305 e. The number of carbonyl (C=O) groups is 2. The van der Waals surface area contributed by atoms with Gasteiger partial charge in [-0.05, 0) is 42.3 Å². The fourth-order valence-corrected chi connectivity index (χ4v) is 2.42. The molecule has 7 heteroatoms. The Morgan fingerprint density at radius 3 is 2.86 bits per heavy atom. The minimum atomic E-state index is -0.515. The molecule has 22 heavy (non-hydrogen) atoms. The first-order chi connectivity index (χ1) is 10.6. The standard InChI is InChI=1S/C15H13ClN2O4/c16-11-3-4-12-9(7-11)6-10(8-22-12)14(19)17-18-15(20)13-2-1-5-21-13/h1-5,7,10H,6,8H2,(H,17,19)(H,18,20)/t10-/m1/s1. The molecule has 2 amide bonds. The van der Waals surface area contributed by atoms with Crippen LogP contribution < -0.4 is 15.6 Å². The van der Waals surface area contributed by atoms with Crippen LogP contribution in [0.2, 0.25) is 5.02 Å². The minimum absolute atomic E-state index is 0.123. The fraction of sp³-hybridized carbons (Fsp3) is 0.200. The Kier molecular flexibility index (Phi) is 4.02. The number of ether oxygens (including phenoxy) is 1. The molecule has 2 heterocycles. The number of halogens is 1. The summed E-state index contributed by atoms with van der Waals surface area (Å²) in [7, 11) is 0. The van der Waals surface area contributed by atoms with Crippen LogP contribution in [0.5, 0.6) is 5.75 Å². The summed E-state index contributed by atoms with van der Waals surface area (Å²) in [6.07, 6.45) is 1.88. The van der Waals surface area contributed by atoms with Gasteiger partial charge < -0.3 is 9.15 Å². The summed E-state index contributed by atoms with van der Waals surface area (Å²) < 4.78 is 10.5. The van der Waals surface area contributed by atoms with Gasteiger partial charge in [0.2, 0.25) is 5.91 Å². The molecule has 0 unspecified atom stereocenters. The monoisotopic (exact) mass is 320 g/mol. The van der Waals surface area contributed by atoms with Gasteiger partial charge in [0, 0.05) is 5.02 Å². The molecular formula is C15H13ClN2O4. The van der Waals surface area contributed by atoms with Crippen molar-refractivity contribution >= 4 is 23.4 Å². The first kappa shape index (κ1) is 14.5. The number of amides is 2. The SMILES string of the molecule is O=C(NNC(=O)[C@H]1COc2ccc(Cl)cc2C1)c1ccco1. The second-order valence-electron chi connectivity index (χ2n) is 4.88. The Labute approximate surface area is 131 Å². The minimum Gasteiger partial charge on any atom is -0.492 e. The van der Waals surface area contributed by atoms with Crippen molar-refractivity contribution in [1.29, 1.82) is 0 Å². The molecule has 0 saturated heterocycles. The normalized spacial score (nSPS) is 16.3. The Morgan fingerprint density at radius 2 is 2.09 bits per heavy atom. The Balaban J connectivity index is 1.58. The molecule has 1 aromatic heterocycles. The molecule has 0 saturated carbocycles. The highest BCUT2D eigenvalue weighted by atomic mass is 35.5. The molecule has 2 N–H and O–H groups in total. The van der Waals surface area contributed by atoms with Crippen LogP contribution in [-0.2, 0) is 11.2 Å². The summed E-state index contributed by atoms with van der Waals surface area (Å²) in [6, 6.07) is 8.39. The van der Waals surface area contributed by atoms with Crippen LogP contribution in [-0.4, -0.2) is 18.4 Å². The number of furan rings is 1. The van der Waals surface area contributed by atoms with Gasteiger partial charge in [-0.3, -0.25) is 20.4 Å². The highest BCUT2D eigenvalue weighted by molar-refractivity contribution is 6.30. The predicted molar refractivity (Wildman–Crippen MR) is 78.5 cm³/mol. The van der Waals surface area contributed by atoms with Crippen molar-refractivity contribution in [2.45, 2.75) is 6.42 Å². The number of carbonyl (C=O) groups excluding carboxylic acids is 2. The van der Waals surface area contributed by atoms with Gasteiger partial charge in [0.25, 0.3) is 0 Å². The van der Waals surface area contributed by atoms with Gasteiger partial charge in [0.1, 0.15) is 12.4 Å². The highest BCUT2D eigenvalue weighted by Crippen LogP contribution is 2.29. The zero-order valence-corrected chi connectivity index (χ0v) is 12.2. The van der Waals surface area contributed by atoms with Crippen LogP contribution in [0.4, 0.5) is 0 Å². The average molecular weight is 321 g/mol. The summed E-state index contributed by atoms with van der Waals surface area (Å²) in [5.74, 6) is -0.391. The molecule has 114 valence electrons. The number of hydrogen-bond acceptors (Lipinski definition) is 4. The van der Waals surface area contributed by atoms with E-state index in [0.29, 0.717) is 11.4 Å². The van der Waals surface area contributed by atoms with Crippen molar-refractivity contribution in [2.24, 2.45) is 5.92 Å². The van der Waals surface area contributed by atoms with Crippen molar-refractivity contribution in [3.63, 3.8) is 0 Å². The summed E-state index contributed by atoms with van der Waals surface area (Å²) in [6.45, 7) is 0.247. The lowest BCUT2D eigenvalue weighted by Crippen LogP contribution is -2.46. The number of hydrazine groups is 1. The summed E-state index contributed by atoms with van der Waals surface area (Å²) in [5.41, 5.74) is 5.55. The van der Waals surface area contributed by atoms with Gasteiger partial charge in [-0.1, -0.05) is 11.6 Å². The van der Waals surface area contributed by atoms with Gasteiger partial charge in [-0.2, -0.15) is 0 Å². The molecule has 1 atom stereocenters. The second-order valence-corrected chi connectivity index (χ2v) is 5.32. The Hall–Kier alpha value is -2.47. The molecule has 3 rings (SSSR count). The lowest BCUT2D eigenvalue weighted by molar-refractivity contribution is -0.127. The van der Waals surface area contributed by atoms with E-state index in [-0.39, 0.29) is 18.3 Å². The largest absolute Gasteiger partial charge is 0.492 e. The van der Waals surface area contributed by atoms with E-state index in [1.807, 2.05) is 0 Å². The van der Waals surface area contributed by atoms with E-state index in [9.17, 15) is 9.59 Å². The quantitative estimate of drug-likeness (QED) is 0.829. The maximum atomic E-state index is 12.1. The number of fused-ring (bicyclic) bond motifs is 1. The lowest BCUT2D eigenvalue weighted by Gasteiger charge is -2.24.